The molecule has 0 aliphatic carbocycles. The number of rotatable bonds is 4. The highest BCUT2D eigenvalue weighted by Gasteiger charge is 2.38. The van der Waals surface area contributed by atoms with Gasteiger partial charge in [0.25, 0.3) is 11.8 Å². The lowest BCUT2D eigenvalue weighted by atomic mass is 10.1. The van der Waals surface area contributed by atoms with E-state index in [-0.39, 0.29) is 10.6 Å². The highest BCUT2D eigenvalue weighted by atomic mass is 32.2. The second-order valence-electron chi connectivity index (χ2n) is 6.64. The molecule has 0 spiro atoms. The molecule has 2 aliphatic rings. The molecule has 0 atom stereocenters. The number of hydrogen-bond donors (Lipinski definition) is 0. The summed E-state index contributed by atoms with van der Waals surface area (Å²) in [7, 11) is -3.49. The Morgan fingerprint density at radius 1 is 0.929 bits per heavy atom. The van der Waals surface area contributed by atoms with Crippen LogP contribution < -0.4 is 9.80 Å². The van der Waals surface area contributed by atoms with Gasteiger partial charge in [-0.05, 0) is 30.3 Å². The van der Waals surface area contributed by atoms with Crippen LogP contribution in [0.15, 0.2) is 47.4 Å². The summed E-state index contributed by atoms with van der Waals surface area (Å²) in [4.78, 5) is 29.2. The molecule has 0 N–H and O–H groups in total. The summed E-state index contributed by atoms with van der Waals surface area (Å²) in [6.07, 6.45) is 0. The van der Waals surface area contributed by atoms with Gasteiger partial charge in [0.15, 0.2) is 9.84 Å². The molecule has 1 fully saturated rings. The third-order valence-electron chi connectivity index (χ3n) is 5.07. The first-order valence-electron chi connectivity index (χ1n) is 9.11. The first-order valence-corrected chi connectivity index (χ1v) is 10.8. The van der Waals surface area contributed by atoms with E-state index in [9.17, 15) is 18.0 Å². The lowest BCUT2D eigenvalue weighted by Gasteiger charge is -2.32. The van der Waals surface area contributed by atoms with E-state index in [2.05, 4.69) is 0 Å². The van der Waals surface area contributed by atoms with Crippen molar-refractivity contribution in [2.45, 2.75) is 11.8 Å². The van der Waals surface area contributed by atoms with E-state index in [0.717, 1.165) is 4.90 Å². The SMILES string of the molecule is CCS(=O)(=O)c1ccc(N2CCOCC2)c(N2C(=O)c3ccccc3C2=O)c1. The Kier molecular flexibility index (Phi) is 4.68. The zero-order chi connectivity index (χ0) is 19.9. The molecule has 4 rings (SSSR count). The molecule has 0 unspecified atom stereocenters. The van der Waals surface area contributed by atoms with Gasteiger partial charge in [0.2, 0.25) is 0 Å². The minimum absolute atomic E-state index is 0.0640. The van der Waals surface area contributed by atoms with Gasteiger partial charge in [-0.3, -0.25) is 9.59 Å². The van der Waals surface area contributed by atoms with Crippen LogP contribution in [0.4, 0.5) is 11.4 Å². The summed E-state index contributed by atoms with van der Waals surface area (Å²) >= 11 is 0. The maximum atomic E-state index is 13.0. The standard InChI is InChI=1S/C20H20N2O5S/c1-2-28(25,26)14-7-8-17(21-9-11-27-12-10-21)18(13-14)22-19(23)15-5-3-4-6-16(15)20(22)24/h3-8,13H,2,9-12H2,1H3. The van der Waals surface area contributed by atoms with Gasteiger partial charge in [-0.1, -0.05) is 19.1 Å². The van der Waals surface area contributed by atoms with Crippen molar-refractivity contribution in [3.05, 3.63) is 53.6 Å². The first-order chi connectivity index (χ1) is 13.4. The van der Waals surface area contributed by atoms with Crippen LogP contribution in [0.5, 0.6) is 0 Å². The van der Waals surface area contributed by atoms with Crippen molar-refractivity contribution in [1.29, 1.82) is 0 Å². The Balaban J connectivity index is 1.87. The molecule has 2 aromatic carbocycles. The maximum absolute atomic E-state index is 13.0. The number of carbonyl (C=O) groups is 2. The lowest BCUT2D eigenvalue weighted by Crippen LogP contribution is -2.38. The number of imide groups is 1. The van der Waals surface area contributed by atoms with Crippen LogP contribution in [0.3, 0.4) is 0 Å². The number of morpholine rings is 1. The van der Waals surface area contributed by atoms with Crippen LogP contribution in [0.2, 0.25) is 0 Å². The normalized spacial score (nSPS) is 17.2. The number of ether oxygens (including phenoxy) is 1. The van der Waals surface area contributed by atoms with Gasteiger partial charge < -0.3 is 9.64 Å². The van der Waals surface area contributed by atoms with Crippen LogP contribution in [0.1, 0.15) is 27.6 Å². The van der Waals surface area contributed by atoms with Gasteiger partial charge in [-0.2, -0.15) is 0 Å². The molecule has 8 heteroatoms. The van der Waals surface area contributed by atoms with Crippen LogP contribution in [0, 0.1) is 0 Å². The van der Waals surface area contributed by atoms with Crippen molar-refractivity contribution in [3.8, 4) is 0 Å². The lowest BCUT2D eigenvalue weighted by molar-refractivity contribution is 0.0926. The van der Waals surface area contributed by atoms with Crippen molar-refractivity contribution >= 4 is 33.0 Å². The predicted octanol–water partition coefficient (Wildman–Crippen LogP) is 2.12. The molecular formula is C20H20N2O5S. The fourth-order valence-electron chi connectivity index (χ4n) is 3.52. The molecule has 2 heterocycles. The number of carbonyl (C=O) groups excluding carboxylic acids is 2. The first kappa shape index (κ1) is 18.6. The molecule has 2 aliphatic heterocycles. The highest BCUT2D eigenvalue weighted by molar-refractivity contribution is 7.91. The van der Waals surface area contributed by atoms with E-state index >= 15 is 0 Å². The smallest absolute Gasteiger partial charge is 0.266 e. The summed E-state index contributed by atoms with van der Waals surface area (Å²) in [6, 6.07) is 11.3. The summed E-state index contributed by atoms with van der Waals surface area (Å²) in [5.74, 6) is -0.951. The summed E-state index contributed by atoms with van der Waals surface area (Å²) in [6.45, 7) is 3.80. The Labute approximate surface area is 163 Å². The number of sulfone groups is 1. The Hall–Kier alpha value is -2.71. The van der Waals surface area contributed by atoms with E-state index in [1.807, 2.05) is 4.90 Å². The van der Waals surface area contributed by atoms with Crippen LogP contribution in [-0.4, -0.2) is 52.3 Å². The predicted molar refractivity (Wildman–Crippen MR) is 105 cm³/mol. The van der Waals surface area contributed by atoms with E-state index in [1.54, 1.807) is 37.3 Å². The molecule has 0 radical (unpaired) electrons. The van der Waals surface area contributed by atoms with E-state index in [1.165, 1.54) is 12.1 Å². The molecule has 7 nitrogen and oxygen atoms in total. The maximum Gasteiger partial charge on any atom is 0.266 e. The quantitative estimate of drug-likeness (QED) is 0.731. The molecule has 28 heavy (non-hydrogen) atoms. The Morgan fingerprint density at radius 2 is 1.54 bits per heavy atom. The monoisotopic (exact) mass is 400 g/mol. The third kappa shape index (κ3) is 2.98. The van der Waals surface area contributed by atoms with Crippen molar-refractivity contribution in [2.24, 2.45) is 0 Å². The number of hydrogen-bond acceptors (Lipinski definition) is 6. The molecular weight excluding hydrogens is 380 g/mol. The minimum atomic E-state index is -3.49. The van der Waals surface area contributed by atoms with Crippen molar-refractivity contribution < 1.29 is 22.7 Å². The fourth-order valence-corrected chi connectivity index (χ4v) is 4.42. The van der Waals surface area contributed by atoms with Crippen molar-refractivity contribution in [1.82, 2.24) is 0 Å². The molecule has 0 saturated carbocycles. The van der Waals surface area contributed by atoms with Gasteiger partial charge in [0.1, 0.15) is 0 Å². The molecule has 146 valence electrons. The molecule has 0 bridgehead atoms. The van der Waals surface area contributed by atoms with Gasteiger partial charge >= 0.3 is 0 Å². The summed E-state index contributed by atoms with van der Waals surface area (Å²) in [5, 5.41) is 0. The van der Waals surface area contributed by atoms with Crippen LogP contribution >= 0.6 is 0 Å². The zero-order valence-corrected chi connectivity index (χ0v) is 16.2. The summed E-state index contributed by atoms with van der Waals surface area (Å²) < 4.78 is 30.2. The van der Waals surface area contributed by atoms with Gasteiger partial charge in [0, 0.05) is 13.1 Å². The molecule has 1 saturated heterocycles. The van der Waals surface area contributed by atoms with E-state index in [4.69, 9.17) is 4.74 Å². The fraction of sp³-hybridized carbons (Fsp3) is 0.300. The zero-order valence-electron chi connectivity index (χ0n) is 15.4. The number of fused-ring (bicyclic) bond motifs is 1. The topological polar surface area (TPSA) is 84.0 Å². The van der Waals surface area contributed by atoms with Crippen LogP contribution in [0.25, 0.3) is 0 Å². The average Bonchev–Trinajstić information content (AvgIpc) is 2.99. The largest absolute Gasteiger partial charge is 0.378 e. The third-order valence-corrected chi connectivity index (χ3v) is 6.81. The van der Waals surface area contributed by atoms with Crippen molar-refractivity contribution in [3.63, 3.8) is 0 Å². The van der Waals surface area contributed by atoms with E-state index < -0.39 is 21.7 Å². The van der Waals surface area contributed by atoms with E-state index in [0.29, 0.717) is 48.8 Å². The van der Waals surface area contributed by atoms with Crippen LogP contribution in [-0.2, 0) is 14.6 Å². The molecule has 2 amide bonds. The number of nitrogens with zero attached hydrogens (tertiary/aromatic N) is 2. The minimum Gasteiger partial charge on any atom is -0.378 e. The van der Waals surface area contributed by atoms with Gasteiger partial charge in [-0.25, -0.2) is 13.3 Å². The Morgan fingerprint density at radius 3 is 2.11 bits per heavy atom. The second-order valence-corrected chi connectivity index (χ2v) is 8.92. The number of amides is 2. The molecule has 0 aromatic heterocycles. The number of anilines is 2. The van der Waals surface area contributed by atoms with Crippen molar-refractivity contribution in [2.75, 3.05) is 41.9 Å². The average molecular weight is 400 g/mol. The number of benzene rings is 2. The Bertz CT molecular complexity index is 1020. The second kappa shape index (κ2) is 7.03. The van der Waals surface area contributed by atoms with Gasteiger partial charge in [-0.15, -0.1) is 0 Å². The highest BCUT2D eigenvalue weighted by Crippen LogP contribution is 2.37. The van der Waals surface area contributed by atoms with Gasteiger partial charge in [0.05, 0.1) is 46.4 Å². The molecule has 2 aromatic rings. The summed E-state index contributed by atoms with van der Waals surface area (Å²) in [5.41, 5.74) is 1.59.